The van der Waals surface area contributed by atoms with E-state index in [4.69, 9.17) is 10.5 Å². The van der Waals surface area contributed by atoms with Gasteiger partial charge in [0.25, 0.3) is 0 Å². The first-order valence-corrected chi connectivity index (χ1v) is 4.99. The highest BCUT2D eigenvalue weighted by atomic mass is 19.4. The van der Waals surface area contributed by atoms with Gasteiger partial charge in [-0.15, -0.1) is 0 Å². The van der Waals surface area contributed by atoms with Crippen LogP contribution in [0.25, 0.3) is 0 Å². The molecule has 0 aromatic heterocycles. The van der Waals surface area contributed by atoms with Crippen molar-refractivity contribution in [2.24, 2.45) is 16.1 Å². The number of hydrogen-bond acceptors (Lipinski definition) is 3. The van der Waals surface area contributed by atoms with Gasteiger partial charge in [0.1, 0.15) is 0 Å². The first-order valence-electron chi connectivity index (χ1n) is 4.99. The lowest BCUT2D eigenvalue weighted by molar-refractivity contribution is -0.191. The van der Waals surface area contributed by atoms with Gasteiger partial charge in [-0.3, -0.25) is 4.99 Å². The number of nitrogens with two attached hydrogens (primary N) is 1. The topological polar surface area (TPSA) is 47.6 Å². The van der Waals surface area contributed by atoms with Crippen LogP contribution in [-0.4, -0.2) is 26.0 Å². The maximum absolute atomic E-state index is 12.5. The third-order valence-corrected chi connectivity index (χ3v) is 2.69. The number of alkyl halides is 3. The zero-order valence-electron chi connectivity index (χ0n) is 9.05. The van der Waals surface area contributed by atoms with E-state index in [0.29, 0.717) is 0 Å². The van der Waals surface area contributed by atoms with E-state index in [1.54, 1.807) is 7.05 Å². The Bertz CT molecular complexity index is 293. The Morgan fingerprint density at radius 1 is 1.50 bits per heavy atom. The fourth-order valence-electron chi connectivity index (χ4n) is 1.39. The summed E-state index contributed by atoms with van der Waals surface area (Å²) in [5.41, 5.74) is 3.86. The maximum Gasteiger partial charge on any atom is 0.394 e. The van der Waals surface area contributed by atoms with E-state index in [-0.39, 0.29) is 31.8 Å². The van der Waals surface area contributed by atoms with Gasteiger partial charge < -0.3 is 10.5 Å². The molecule has 0 aromatic rings. The molecular weight excluding hydrogens is 221 g/mol. The van der Waals surface area contributed by atoms with E-state index in [1.165, 1.54) is 12.3 Å². The molecule has 1 fully saturated rings. The zero-order chi connectivity index (χ0) is 12.2. The minimum atomic E-state index is -4.13. The molecule has 1 rings (SSSR count). The molecule has 1 aliphatic rings. The average Bonchev–Trinajstić information content (AvgIpc) is 2.95. The van der Waals surface area contributed by atoms with Gasteiger partial charge in [-0.25, -0.2) is 0 Å². The van der Waals surface area contributed by atoms with E-state index < -0.39 is 11.6 Å². The molecule has 0 radical (unpaired) electrons. The molecule has 0 bridgehead atoms. The Morgan fingerprint density at radius 2 is 2.12 bits per heavy atom. The third kappa shape index (κ3) is 3.15. The van der Waals surface area contributed by atoms with Crippen LogP contribution in [0.5, 0.6) is 0 Å². The van der Waals surface area contributed by atoms with Crippen LogP contribution in [0.15, 0.2) is 17.0 Å². The minimum absolute atomic E-state index is 0.0145. The van der Waals surface area contributed by atoms with Crippen molar-refractivity contribution in [1.29, 1.82) is 0 Å². The molecule has 1 aliphatic carbocycles. The van der Waals surface area contributed by atoms with E-state index >= 15 is 0 Å². The van der Waals surface area contributed by atoms with Gasteiger partial charge in [0.15, 0.2) is 5.88 Å². The number of aliphatic imine (C=N–C) groups is 1. The first-order chi connectivity index (χ1) is 7.41. The lowest BCUT2D eigenvalue weighted by atomic mass is 10.0. The summed E-state index contributed by atoms with van der Waals surface area (Å²) in [5.74, 6) is 0.0866. The van der Waals surface area contributed by atoms with Crippen LogP contribution in [0.3, 0.4) is 0 Å². The fourth-order valence-corrected chi connectivity index (χ4v) is 1.39. The van der Waals surface area contributed by atoms with E-state index in [1.807, 2.05) is 0 Å². The molecule has 1 saturated carbocycles. The molecule has 0 aromatic carbocycles. The highest BCUT2D eigenvalue weighted by Gasteiger charge is 2.62. The molecule has 0 heterocycles. The van der Waals surface area contributed by atoms with Gasteiger partial charge in [-0.1, -0.05) is 0 Å². The van der Waals surface area contributed by atoms with Crippen molar-refractivity contribution in [3.05, 3.63) is 12.0 Å². The number of nitrogens with zero attached hydrogens (tertiary/aromatic N) is 1. The second-order valence-corrected chi connectivity index (χ2v) is 3.85. The molecule has 3 nitrogen and oxygen atoms in total. The Balaban J connectivity index is 2.32. The predicted molar refractivity (Wildman–Crippen MR) is 55.0 cm³/mol. The second kappa shape index (κ2) is 4.76. The average molecular weight is 236 g/mol. The number of halogens is 3. The smallest absolute Gasteiger partial charge is 0.394 e. The summed E-state index contributed by atoms with van der Waals surface area (Å²) in [5, 5.41) is 0. The number of rotatable bonds is 5. The second-order valence-electron chi connectivity index (χ2n) is 3.85. The quantitative estimate of drug-likeness (QED) is 0.587. The SMILES string of the molecule is CN=CC=C(N)OCCC1(C(F)(F)F)CC1. The molecule has 0 unspecified atom stereocenters. The summed E-state index contributed by atoms with van der Waals surface area (Å²) in [6, 6.07) is 0. The van der Waals surface area contributed by atoms with Crippen molar-refractivity contribution in [3.8, 4) is 0 Å². The molecular formula is C10H15F3N2O. The number of allylic oxidation sites excluding steroid dienone is 1. The molecule has 16 heavy (non-hydrogen) atoms. The zero-order valence-corrected chi connectivity index (χ0v) is 9.05. The van der Waals surface area contributed by atoms with Crippen molar-refractivity contribution >= 4 is 6.21 Å². The summed E-state index contributed by atoms with van der Waals surface area (Å²) in [7, 11) is 1.56. The van der Waals surface area contributed by atoms with Gasteiger partial charge in [0, 0.05) is 19.3 Å². The van der Waals surface area contributed by atoms with Crippen LogP contribution >= 0.6 is 0 Å². The molecule has 6 heteroatoms. The summed E-state index contributed by atoms with van der Waals surface area (Å²) in [6.45, 7) is -0.0145. The molecule has 2 N–H and O–H groups in total. The third-order valence-electron chi connectivity index (χ3n) is 2.69. The van der Waals surface area contributed by atoms with E-state index in [9.17, 15) is 13.2 Å². The summed E-state index contributed by atoms with van der Waals surface area (Å²) in [4.78, 5) is 3.64. The van der Waals surface area contributed by atoms with Gasteiger partial charge in [-0.05, 0) is 19.3 Å². The monoisotopic (exact) mass is 236 g/mol. The van der Waals surface area contributed by atoms with Crippen molar-refractivity contribution in [2.75, 3.05) is 13.7 Å². The van der Waals surface area contributed by atoms with E-state index in [0.717, 1.165) is 0 Å². The van der Waals surface area contributed by atoms with Crippen molar-refractivity contribution in [2.45, 2.75) is 25.4 Å². The Morgan fingerprint density at radius 3 is 2.56 bits per heavy atom. The fraction of sp³-hybridized carbons (Fsp3) is 0.700. The van der Waals surface area contributed by atoms with Crippen LogP contribution in [0.2, 0.25) is 0 Å². The Labute approximate surface area is 92.2 Å². The van der Waals surface area contributed by atoms with Crippen molar-refractivity contribution < 1.29 is 17.9 Å². The molecule has 0 amide bonds. The maximum atomic E-state index is 12.5. The van der Waals surface area contributed by atoms with Crippen molar-refractivity contribution in [1.82, 2.24) is 0 Å². The first kappa shape index (κ1) is 12.9. The molecule has 0 saturated heterocycles. The normalized spacial score (nSPS) is 20.1. The van der Waals surface area contributed by atoms with Gasteiger partial charge in [0.2, 0.25) is 0 Å². The molecule has 0 spiro atoms. The highest BCUT2D eigenvalue weighted by molar-refractivity contribution is 5.71. The van der Waals surface area contributed by atoms with Crippen LogP contribution in [0.1, 0.15) is 19.3 Å². The van der Waals surface area contributed by atoms with Crippen LogP contribution < -0.4 is 5.73 Å². The molecule has 0 aliphatic heterocycles. The number of ether oxygens (including phenoxy) is 1. The molecule has 92 valence electrons. The highest BCUT2D eigenvalue weighted by Crippen LogP contribution is 2.59. The largest absolute Gasteiger partial charge is 0.479 e. The Hall–Kier alpha value is -1.20. The van der Waals surface area contributed by atoms with Crippen LogP contribution in [-0.2, 0) is 4.74 Å². The summed E-state index contributed by atoms with van der Waals surface area (Å²) < 4.78 is 42.5. The number of hydrogen-bond donors (Lipinski definition) is 1. The van der Waals surface area contributed by atoms with Gasteiger partial charge >= 0.3 is 6.18 Å². The minimum Gasteiger partial charge on any atom is -0.479 e. The van der Waals surface area contributed by atoms with Gasteiger partial charge in [0.05, 0.1) is 12.0 Å². The lowest BCUT2D eigenvalue weighted by Crippen LogP contribution is -2.26. The van der Waals surface area contributed by atoms with Crippen LogP contribution in [0.4, 0.5) is 13.2 Å². The Kier molecular flexibility index (Phi) is 3.83. The van der Waals surface area contributed by atoms with Crippen LogP contribution in [0, 0.1) is 5.41 Å². The standard InChI is InChI=1S/C10H15F3N2O/c1-15-6-2-8(14)16-7-5-9(3-4-9)10(11,12)13/h2,6H,3-5,7,14H2,1H3. The molecule has 0 atom stereocenters. The van der Waals surface area contributed by atoms with Crippen molar-refractivity contribution in [3.63, 3.8) is 0 Å². The predicted octanol–water partition coefficient (Wildman–Crippen LogP) is 2.24. The summed E-state index contributed by atoms with van der Waals surface area (Å²) in [6.07, 6.45) is -0.938. The lowest BCUT2D eigenvalue weighted by Gasteiger charge is -2.18. The summed E-state index contributed by atoms with van der Waals surface area (Å²) >= 11 is 0. The van der Waals surface area contributed by atoms with Gasteiger partial charge in [-0.2, -0.15) is 13.2 Å². The van der Waals surface area contributed by atoms with E-state index in [2.05, 4.69) is 4.99 Å².